The third kappa shape index (κ3) is 2.97. The van der Waals surface area contributed by atoms with Crippen LogP contribution in [0, 0.1) is 0 Å². The Balaban J connectivity index is 2.07. The average Bonchev–Trinajstić information content (AvgIpc) is 2.81. The molecule has 0 saturated heterocycles. The van der Waals surface area contributed by atoms with Crippen molar-refractivity contribution in [1.29, 1.82) is 0 Å². The standard InChI is InChI=1S/C13H17NO3/c14-12(13(15)16)9-4-3-7-11(8-9)17-10-5-1-2-6-10/h3-4,7-8,10,12H,1-2,5-6,14H2,(H,15,16)/t12-/m0/s1. The normalized spacial score (nSPS) is 17.9. The maximum atomic E-state index is 10.8. The van der Waals surface area contributed by atoms with Crippen LogP contribution in [0.1, 0.15) is 37.3 Å². The second-order valence-corrected chi connectivity index (χ2v) is 4.41. The Labute approximate surface area is 100 Å². The summed E-state index contributed by atoms with van der Waals surface area (Å²) < 4.78 is 5.80. The number of carboxylic acid groups (broad SMARTS) is 1. The van der Waals surface area contributed by atoms with Gasteiger partial charge in [0.25, 0.3) is 0 Å². The monoisotopic (exact) mass is 235 g/mol. The molecule has 0 aromatic heterocycles. The summed E-state index contributed by atoms with van der Waals surface area (Å²) in [5.74, 6) is -0.311. The maximum absolute atomic E-state index is 10.8. The van der Waals surface area contributed by atoms with Crippen LogP contribution in [0.5, 0.6) is 5.75 Å². The van der Waals surface area contributed by atoms with Crippen LogP contribution in [0.4, 0.5) is 0 Å². The highest BCUT2D eigenvalue weighted by molar-refractivity contribution is 5.75. The molecule has 0 heterocycles. The molecule has 2 rings (SSSR count). The number of hydrogen-bond donors (Lipinski definition) is 2. The van der Waals surface area contributed by atoms with Crippen LogP contribution in [-0.4, -0.2) is 17.2 Å². The number of aliphatic carboxylic acids is 1. The zero-order valence-electron chi connectivity index (χ0n) is 9.63. The second-order valence-electron chi connectivity index (χ2n) is 4.41. The summed E-state index contributed by atoms with van der Waals surface area (Å²) in [6, 6.07) is 6.07. The summed E-state index contributed by atoms with van der Waals surface area (Å²) in [5.41, 5.74) is 6.14. The van der Waals surface area contributed by atoms with Gasteiger partial charge in [-0.3, -0.25) is 4.79 Å². The van der Waals surface area contributed by atoms with E-state index in [0.29, 0.717) is 11.3 Å². The molecule has 17 heavy (non-hydrogen) atoms. The van der Waals surface area contributed by atoms with Crippen LogP contribution < -0.4 is 10.5 Å². The van der Waals surface area contributed by atoms with E-state index in [2.05, 4.69) is 0 Å². The molecule has 1 saturated carbocycles. The second kappa shape index (κ2) is 5.19. The molecule has 0 aliphatic heterocycles. The van der Waals surface area contributed by atoms with Crippen molar-refractivity contribution in [3.05, 3.63) is 29.8 Å². The Morgan fingerprint density at radius 3 is 2.76 bits per heavy atom. The molecule has 0 spiro atoms. The van der Waals surface area contributed by atoms with Gasteiger partial charge in [0.05, 0.1) is 6.10 Å². The van der Waals surface area contributed by atoms with Crippen molar-refractivity contribution in [1.82, 2.24) is 0 Å². The summed E-state index contributed by atoms with van der Waals surface area (Å²) in [5, 5.41) is 8.84. The number of hydrogen-bond acceptors (Lipinski definition) is 3. The van der Waals surface area contributed by atoms with Crippen LogP contribution >= 0.6 is 0 Å². The summed E-state index contributed by atoms with van der Waals surface area (Å²) in [6.45, 7) is 0. The molecule has 92 valence electrons. The minimum Gasteiger partial charge on any atom is -0.490 e. The SMILES string of the molecule is N[C@H](C(=O)O)c1cccc(OC2CCCC2)c1. The lowest BCUT2D eigenvalue weighted by molar-refractivity contribution is -0.138. The Morgan fingerprint density at radius 2 is 2.12 bits per heavy atom. The largest absolute Gasteiger partial charge is 0.490 e. The number of ether oxygens (including phenoxy) is 1. The highest BCUT2D eigenvalue weighted by Crippen LogP contribution is 2.25. The number of benzene rings is 1. The van der Waals surface area contributed by atoms with E-state index in [-0.39, 0.29) is 6.10 Å². The molecule has 0 radical (unpaired) electrons. The van der Waals surface area contributed by atoms with Gasteiger partial charge in [0.2, 0.25) is 0 Å². The number of nitrogens with two attached hydrogens (primary N) is 1. The molecule has 4 heteroatoms. The molecule has 4 nitrogen and oxygen atoms in total. The van der Waals surface area contributed by atoms with E-state index in [9.17, 15) is 4.79 Å². The highest BCUT2D eigenvalue weighted by Gasteiger charge is 2.18. The maximum Gasteiger partial charge on any atom is 0.325 e. The van der Waals surface area contributed by atoms with Gasteiger partial charge in [-0.1, -0.05) is 12.1 Å². The molecule has 3 N–H and O–H groups in total. The fourth-order valence-electron chi connectivity index (χ4n) is 2.12. The van der Waals surface area contributed by atoms with Crippen LogP contribution in [0.25, 0.3) is 0 Å². The molecule has 1 aliphatic rings. The summed E-state index contributed by atoms with van der Waals surface area (Å²) in [6.07, 6.45) is 4.84. The lowest BCUT2D eigenvalue weighted by atomic mass is 10.1. The smallest absolute Gasteiger partial charge is 0.325 e. The first kappa shape index (κ1) is 11.9. The summed E-state index contributed by atoms with van der Waals surface area (Å²) in [7, 11) is 0. The number of carboxylic acids is 1. The zero-order chi connectivity index (χ0) is 12.3. The van der Waals surface area contributed by atoms with E-state index in [1.807, 2.05) is 6.07 Å². The van der Waals surface area contributed by atoms with Crippen LogP contribution in [-0.2, 0) is 4.79 Å². The molecular weight excluding hydrogens is 218 g/mol. The van der Waals surface area contributed by atoms with Crippen molar-refractivity contribution < 1.29 is 14.6 Å². The topological polar surface area (TPSA) is 72.6 Å². The molecule has 0 amide bonds. The van der Waals surface area contributed by atoms with Gasteiger partial charge < -0.3 is 15.6 Å². The number of rotatable bonds is 4. The summed E-state index contributed by atoms with van der Waals surface area (Å²) in [4.78, 5) is 10.8. The van der Waals surface area contributed by atoms with Gasteiger partial charge in [-0.25, -0.2) is 0 Å². The van der Waals surface area contributed by atoms with Gasteiger partial charge in [-0.2, -0.15) is 0 Å². The molecule has 1 fully saturated rings. The Morgan fingerprint density at radius 1 is 1.41 bits per heavy atom. The minimum atomic E-state index is -1.02. The highest BCUT2D eigenvalue weighted by atomic mass is 16.5. The lowest BCUT2D eigenvalue weighted by Gasteiger charge is -2.14. The predicted octanol–water partition coefficient (Wildman–Crippen LogP) is 2.09. The first-order chi connectivity index (χ1) is 8.16. The van der Waals surface area contributed by atoms with Crippen molar-refractivity contribution in [3.63, 3.8) is 0 Å². The van der Waals surface area contributed by atoms with Crippen molar-refractivity contribution >= 4 is 5.97 Å². The van der Waals surface area contributed by atoms with E-state index in [1.54, 1.807) is 18.2 Å². The third-order valence-corrected chi connectivity index (χ3v) is 3.09. The van der Waals surface area contributed by atoms with Crippen molar-refractivity contribution in [2.24, 2.45) is 5.73 Å². The van der Waals surface area contributed by atoms with E-state index < -0.39 is 12.0 Å². The van der Waals surface area contributed by atoms with Gasteiger partial charge in [0.1, 0.15) is 11.8 Å². The third-order valence-electron chi connectivity index (χ3n) is 3.09. The minimum absolute atomic E-state index is 0.270. The van der Waals surface area contributed by atoms with Gasteiger partial charge >= 0.3 is 5.97 Å². The van der Waals surface area contributed by atoms with E-state index in [1.165, 1.54) is 12.8 Å². The quantitative estimate of drug-likeness (QED) is 0.838. The molecule has 1 aromatic rings. The van der Waals surface area contributed by atoms with Crippen molar-refractivity contribution in [2.75, 3.05) is 0 Å². The van der Waals surface area contributed by atoms with Gasteiger partial charge in [-0.05, 0) is 43.4 Å². The first-order valence-electron chi connectivity index (χ1n) is 5.92. The molecule has 0 bridgehead atoms. The molecule has 0 unspecified atom stereocenters. The average molecular weight is 235 g/mol. The zero-order valence-corrected chi connectivity index (χ0v) is 9.63. The van der Waals surface area contributed by atoms with Gasteiger partial charge in [0.15, 0.2) is 0 Å². The fourth-order valence-corrected chi connectivity index (χ4v) is 2.12. The fraction of sp³-hybridized carbons (Fsp3) is 0.462. The van der Waals surface area contributed by atoms with Crippen LogP contribution in [0.3, 0.4) is 0 Å². The summed E-state index contributed by atoms with van der Waals surface area (Å²) >= 11 is 0. The van der Waals surface area contributed by atoms with Gasteiger partial charge in [-0.15, -0.1) is 0 Å². The molecule has 1 atom stereocenters. The Kier molecular flexibility index (Phi) is 3.64. The van der Waals surface area contributed by atoms with Crippen molar-refractivity contribution in [3.8, 4) is 5.75 Å². The van der Waals surface area contributed by atoms with Gasteiger partial charge in [0, 0.05) is 0 Å². The van der Waals surface area contributed by atoms with E-state index in [4.69, 9.17) is 15.6 Å². The predicted molar refractivity (Wildman–Crippen MR) is 63.9 cm³/mol. The van der Waals surface area contributed by atoms with Crippen molar-refractivity contribution in [2.45, 2.75) is 37.8 Å². The van der Waals surface area contributed by atoms with Crippen LogP contribution in [0.2, 0.25) is 0 Å². The molecule has 1 aromatic carbocycles. The Bertz CT molecular complexity index is 399. The van der Waals surface area contributed by atoms with Crippen LogP contribution in [0.15, 0.2) is 24.3 Å². The number of carbonyl (C=O) groups is 1. The first-order valence-corrected chi connectivity index (χ1v) is 5.92. The Hall–Kier alpha value is -1.55. The van der Waals surface area contributed by atoms with E-state index in [0.717, 1.165) is 12.8 Å². The lowest BCUT2D eigenvalue weighted by Crippen LogP contribution is -2.20. The molecular formula is C13H17NO3. The van der Waals surface area contributed by atoms with E-state index >= 15 is 0 Å². The molecule has 1 aliphatic carbocycles.